The van der Waals surface area contributed by atoms with Crippen LogP contribution in [0.2, 0.25) is 0 Å². The maximum Gasteiger partial charge on any atom is 0.332 e. The van der Waals surface area contributed by atoms with E-state index < -0.39 is 11.2 Å². The second-order valence-electron chi connectivity index (χ2n) is 6.88. The lowest BCUT2D eigenvalue weighted by atomic mass is 10.2. The molecule has 0 spiro atoms. The van der Waals surface area contributed by atoms with Gasteiger partial charge in [-0.25, -0.2) is 9.78 Å². The Morgan fingerprint density at radius 2 is 1.85 bits per heavy atom. The summed E-state index contributed by atoms with van der Waals surface area (Å²) in [5.41, 5.74) is 0.544. The highest BCUT2D eigenvalue weighted by atomic mass is 16.5. The van der Waals surface area contributed by atoms with Crippen molar-refractivity contribution in [2.24, 2.45) is 14.1 Å². The van der Waals surface area contributed by atoms with Gasteiger partial charge in [0.05, 0.1) is 13.2 Å². The van der Waals surface area contributed by atoms with E-state index in [1.807, 2.05) is 18.2 Å². The number of H-pyrrole nitrogens is 1. The van der Waals surface area contributed by atoms with E-state index in [1.165, 1.54) is 24.5 Å². The Bertz CT molecular complexity index is 1120. The quantitative estimate of drug-likeness (QED) is 0.758. The molecule has 0 atom stereocenters. The summed E-state index contributed by atoms with van der Waals surface area (Å²) < 4.78 is 14.0. The molecule has 27 heavy (non-hydrogen) atoms. The standard InChI is InChI=1S/C19H22N4O4/c1-22-17-15(18(24)23(2)19(22)25)20-16(21-17)11-8-9-13(14(10-11)26-3)27-12-6-4-5-7-12/h8-10,12H,4-7H2,1-3H3,(H,20,21). The van der Waals surface area contributed by atoms with Crippen molar-refractivity contribution in [1.82, 2.24) is 19.1 Å². The predicted octanol–water partition coefficient (Wildman–Crippen LogP) is 1.96. The van der Waals surface area contributed by atoms with Crippen molar-refractivity contribution in [3.05, 3.63) is 39.0 Å². The lowest BCUT2D eigenvalue weighted by Crippen LogP contribution is -2.36. The third-order valence-electron chi connectivity index (χ3n) is 5.13. The Morgan fingerprint density at radius 1 is 1.11 bits per heavy atom. The van der Waals surface area contributed by atoms with Gasteiger partial charge in [0.1, 0.15) is 11.3 Å². The van der Waals surface area contributed by atoms with Crippen molar-refractivity contribution in [3.8, 4) is 22.9 Å². The van der Waals surface area contributed by atoms with Crippen LogP contribution in [0.25, 0.3) is 22.6 Å². The van der Waals surface area contributed by atoms with Crippen LogP contribution in [-0.4, -0.2) is 32.3 Å². The van der Waals surface area contributed by atoms with E-state index in [-0.39, 0.29) is 6.10 Å². The number of rotatable bonds is 4. The summed E-state index contributed by atoms with van der Waals surface area (Å²) in [6, 6.07) is 5.55. The Kier molecular flexibility index (Phi) is 4.25. The number of aromatic amines is 1. The zero-order valence-corrected chi connectivity index (χ0v) is 15.6. The smallest absolute Gasteiger partial charge is 0.332 e. The van der Waals surface area contributed by atoms with Crippen LogP contribution >= 0.6 is 0 Å². The summed E-state index contributed by atoms with van der Waals surface area (Å²) in [5.74, 6) is 1.81. The molecule has 0 unspecified atom stereocenters. The summed E-state index contributed by atoms with van der Waals surface area (Å²) in [6.45, 7) is 0. The molecule has 1 saturated carbocycles. The fraction of sp³-hybridized carbons (Fsp3) is 0.421. The highest BCUT2D eigenvalue weighted by molar-refractivity contribution is 5.76. The number of nitrogens with one attached hydrogen (secondary N) is 1. The first-order valence-electron chi connectivity index (χ1n) is 9.00. The van der Waals surface area contributed by atoms with Crippen LogP contribution in [0.3, 0.4) is 0 Å². The molecule has 0 saturated heterocycles. The van der Waals surface area contributed by atoms with Crippen LogP contribution in [0, 0.1) is 0 Å². The highest BCUT2D eigenvalue weighted by Crippen LogP contribution is 2.34. The van der Waals surface area contributed by atoms with Gasteiger partial charge in [-0.3, -0.25) is 13.9 Å². The van der Waals surface area contributed by atoms with E-state index in [0.717, 1.165) is 23.0 Å². The molecule has 4 rings (SSSR count). The van der Waals surface area contributed by atoms with Gasteiger partial charge >= 0.3 is 5.69 Å². The minimum Gasteiger partial charge on any atom is -0.493 e. The molecule has 3 aromatic rings. The van der Waals surface area contributed by atoms with Gasteiger partial charge in [0.25, 0.3) is 5.56 Å². The number of fused-ring (bicyclic) bond motifs is 1. The summed E-state index contributed by atoms with van der Waals surface area (Å²) in [4.78, 5) is 31.9. The molecule has 142 valence electrons. The minimum atomic E-state index is -0.413. The Balaban J connectivity index is 1.77. The number of methoxy groups -OCH3 is 1. The molecule has 0 bridgehead atoms. The average Bonchev–Trinajstić information content (AvgIpc) is 3.35. The normalized spacial score (nSPS) is 14.8. The highest BCUT2D eigenvalue weighted by Gasteiger charge is 2.20. The predicted molar refractivity (Wildman–Crippen MR) is 101 cm³/mol. The zero-order chi connectivity index (χ0) is 19.1. The van der Waals surface area contributed by atoms with Crippen molar-refractivity contribution in [1.29, 1.82) is 0 Å². The average molecular weight is 370 g/mol. The molecule has 1 aliphatic carbocycles. The molecule has 1 fully saturated rings. The third-order valence-corrected chi connectivity index (χ3v) is 5.13. The fourth-order valence-electron chi connectivity index (χ4n) is 3.56. The van der Waals surface area contributed by atoms with Crippen LogP contribution in [0.1, 0.15) is 25.7 Å². The first-order chi connectivity index (χ1) is 13.0. The van der Waals surface area contributed by atoms with E-state index in [2.05, 4.69) is 9.97 Å². The van der Waals surface area contributed by atoms with E-state index in [4.69, 9.17) is 9.47 Å². The second kappa shape index (κ2) is 6.61. The van der Waals surface area contributed by atoms with Crippen molar-refractivity contribution < 1.29 is 9.47 Å². The maximum atomic E-state index is 12.4. The molecule has 0 radical (unpaired) electrons. The van der Waals surface area contributed by atoms with E-state index in [0.29, 0.717) is 28.5 Å². The van der Waals surface area contributed by atoms with Crippen LogP contribution in [0.5, 0.6) is 11.5 Å². The van der Waals surface area contributed by atoms with Gasteiger partial charge in [-0.05, 0) is 43.9 Å². The summed E-state index contributed by atoms with van der Waals surface area (Å²) in [6.07, 6.45) is 4.74. The maximum absolute atomic E-state index is 12.4. The van der Waals surface area contributed by atoms with Gasteiger partial charge in [-0.2, -0.15) is 0 Å². The molecule has 0 aliphatic heterocycles. The van der Waals surface area contributed by atoms with E-state index >= 15 is 0 Å². The van der Waals surface area contributed by atoms with Crippen LogP contribution < -0.4 is 20.7 Å². The van der Waals surface area contributed by atoms with Crippen molar-refractivity contribution in [2.45, 2.75) is 31.8 Å². The number of aromatic nitrogens is 4. The molecule has 1 aliphatic rings. The van der Waals surface area contributed by atoms with Gasteiger partial charge in [0.2, 0.25) is 0 Å². The monoisotopic (exact) mass is 370 g/mol. The van der Waals surface area contributed by atoms with Gasteiger partial charge in [-0.15, -0.1) is 0 Å². The van der Waals surface area contributed by atoms with Crippen molar-refractivity contribution in [3.63, 3.8) is 0 Å². The van der Waals surface area contributed by atoms with Crippen LogP contribution in [-0.2, 0) is 14.1 Å². The molecule has 2 aromatic heterocycles. The lowest BCUT2D eigenvalue weighted by molar-refractivity contribution is 0.201. The molecular formula is C19H22N4O4. The number of aryl methyl sites for hydroxylation is 1. The summed E-state index contributed by atoms with van der Waals surface area (Å²) >= 11 is 0. The first kappa shape index (κ1) is 17.4. The van der Waals surface area contributed by atoms with Gasteiger partial charge in [-0.1, -0.05) is 0 Å². The van der Waals surface area contributed by atoms with Crippen LogP contribution in [0.4, 0.5) is 0 Å². The fourth-order valence-corrected chi connectivity index (χ4v) is 3.56. The number of benzene rings is 1. The number of imidazole rings is 1. The molecule has 1 aromatic carbocycles. The second-order valence-corrected chi connectivity index (χ2v) is 6.88. The molecule has 8 nitrogen and oxygen atoms in total. The van der Waals surface area contributed by atoms with Gasteiger partial charge in [0.15, 0.2) is 17.1 Å². The summed E-state index contributed by atoms with van der Waals surface area (Å²) in [7, 11) is 4.63. The first-order valence-corrected chi connectivity index (χ1v) is 9.00. The van der Waals surface area contributed by atoms with E-state index in [1.54, 1.807) is 14.2 Å². The molecule has 0 amide bonds. The van der Waals surface area contributed by atoms with Gasteiger partial charge in [0, 0.05) is 19.7 Å². The van der Waals surface area contributed by atoms with Crippen LogP contribution in [0.15, 0.2) is 27.8 Å². The third kappa shape index (κ3) is 2.90. The number of hydrogen-bond donors (Lipinski definition) is 1. The van der Waals surface area contributed by atoms with Crippen molar-refractivity contribution in [2.75, 3.05) is 7.11 Å². The topological polar surface area (TPSA) is 91.1 Å². The summed E-state index contributed by atoms with van der Waals surface area (Å²) in [5, 5.41) is 0. The Morgan fingerprint density at radius 3 is 2.56 bits per heavy atom. The van der Waals surface area contributed by atoms with Gasteiger partial charge < -0.3 is 14.5 Å². The molecule has 2 heterocycles. The Hall–Kier alpha value is -3.03. The largest absolute Gasteiger partial charge is 0.493 e. The molecule has 1 N–H and O–H groups in total. The zero-order valence-electron chi connectivity index (χ0n) is 15.6. The molecule has 8 heteroatoms. The minimum absolute atomic E-state index is 0.230. The number of hydrogen-bond acceptors (Lipinski definition) is 5. The van der Waals surface area contributed by atoms with E-state index in [9.17, 15) is 9.59 Å². The number of ether oxygens (including phenoxy) is 2. The molecular weight excluding hydrogens is 348 g/mol. The SMILES string of the molecule is COc1cc(-c2nc3c([nH]2)c(=O)n(C)c(=O)n3C)ccc1OC1CCCC1. The Labute approximate surface area is 155 Å². The number of nitrogens with zero attached hydrogens (tertiary/aromatic N) is 3. The van der Waals surface area contributed by atoms with Crippen molar-refractivity contribution >= 4 is 11.2 Å². The lowest BCUT2D eigenvalue weighted by Gasteiger charge is -2.16.